The molecule has 0 spiro atoms. The number of halogens is 1. The van der Waals surface area contributed by atoms with Crippen molar-refractivity contribution in [1.82, 2.24) is 20.1 Å². The van der Waals surface area contributed by atoms with Gasteiger partial charge in [0, 0.05) is 16.6 Å². The number of benzene rings is 1. The van der Waals surface area contributed by atoms with E-state index >= 15 is 0 Å². The number of thioether (sulfide) groups is 1. The fraction of sp³-hybridized carbons (Fsp3) is 0.368. The van der Waals surface area contributed by atoms with Crippen molar-refractivity contribution in [2.24, 2.45) is 5.92 Å². The molecule has 0 aliphatic heterocycles. The Labute approximate surface area is 171 Å². The normalized spacial score (nSPS) is 15.6. The predicted molar refractivity (Wildman–Crippen MR) is 109 cm³/mol. The molecule has 1 unspecified atom stereocenters. The van der Waals surface area contributed by atoms with Gasteiger partial charge in [-0.25, -0.2) is 0 Å². The summed E-state index contributed by atoms with van der Waals surface area (Å²) >= 11 is 4.73. The lowest BCUT2D eigenvalue weighted by molar-refractivity contribution is -0.119. The SMILES string of the molecule is C=CCn1c(SCC(=O)NC(C)(C#N)C2CC2)nnc1-c1ccc(Br)cc1. The maximum atomic E-state index is 12.3. The molecule has 0 saturated heterocycles. The molecule has 3 rings (SSSR count). The second-order valence-corrected chi connectivity index (χ2v) is 8.50. The molecule has 0 bridgehead atoms. The summed E-state index contributed by atoms with van der Waals surface area (Å²) in [6.07, 6.45) is 3.75. The zero-order valence-corrected chi connectivity index (χ0v) is 17.4. The van der Waals surface area contributed by atoms with Crippen molar-refractivity contribution in [2.75, 3.05) is 5.75 Å². The van der Waals surface area contributed by atoms with Gasteiger partial charge in [0.1, 0.15) is 5.54 Å². The van der Waals surface area contributed by atoms with E-state index in [0.717, 1.165) is 28.7 Å². The fourth-order valence-corrected chi connectivity index (χ4v) is 3.85. The van der Waals surface area contributed by atoms with Crippen molar-refractivity contribution in [3.05, 3.63) is 41.4 Å². The molecule has 1 atom stereocenters. The van der Waals surface area contributed by atoms with Crippen molar-refractivity contribution < 1.29 is 4.79 Å². The van der Waals surface area contributed by atoms with Crippen molar-refractivity contribution in [2.45, 2.75) is 37.0 Å². The first-order valence-electron chi connectivity index (χ1n) is 8.62. The molecule has 6 nitrogen and oxygen atoms in total. The molecule has 1 saturated carbocycles. The molecule has 1 aromatic carbocycles. The highest BCUT2D eigenvalue weighted by molar-refractivity contribution is 9.10. The van der Waals surface area contributed by atoms with Gasteiger partial charge in [-0.2, -0.15) is 5.26 Å². The number of rotatable bonds is 8. The fourth-order valence-electron chi connectivity index (χ4n) is 2.84. The van der Waals surface area contributed by atoms with Gasteiger partial charge < -0.3 is 5.32 Å². The molecule has 1 aromatic heterocycles. The molecule has 140 valence electrons. The lowest BCUT2D eigenvalue weighted by Crippen LogP contribution is -2.47. The third kappa shape index (κ3) is 4.60. The van der Waals surface area contributed by atoms with Crippen LogP contribution in [0.15, 0.2) is 46.5 Å². The first-order chi connectivity index (χ1) is 13.0. The lowest BCUT2D eigenvalue weighted by atomic mass is 9.98. The van der Waals surface area contributed by atoms with Crippen LogP contribution in [0.3, 0.4) is 0 Å². The average molecular weight is 446 g/mol. The van der Waals surface area contributed by atoms with Crippen LogP contribution in [0.2, 0.25) is 0 Å². The molecule has 1 fully saturated rings. The maximum Gasteiger partial charge on any atom is 0.231 e. The Bertz CT molecular complexity index is 884. The maximum absolute atomic E-state index is 12.3. The monoisotopic (exact) mass is 445 g/mol. The Hall–Kier alpha value is -2.11. The first-order valence-corrected chi connectivity index (χ1v) is 10.4. The van der Waals surface area contributed by atoms with Crippen LogP contribution in [-0.2, 0) is 11.3 Å². The minimum Gasteiger partial charge on any atom is -0.337 e. The zero-order chi connectivity index (χ0) is 19.4. The van der Waals surface area contributed by atoms with Crippen LogP contribution in [0.5, 0.6) is 0 Å². The van der Waals surface area contributed by atoms with E-state index in [0.29, 0.717) is 11.7 Å². The second-order valence-electron chi connectivity index (χ2n) is 6.64. The molecule has 1 amide bonds. The Morgan fingerprint density at radius 3 is 2.78 bits per heavy atom. The number of nitrogens with zero attached hydrogens (tertiary/aromatic N) is 4. The van der Waals surface area contributed by atoms with E-state index in [9.17, 15) is 10.1 Å². The Kier molecular flexibility index (Phi) is 6.02. The van der Waals surface area contributed by atoms with E-state index in [1.807, 2.05) is 28.8 Å². The van der Waals surface area contributed by atoms with Gasteiger partial charge in [-0.1, -0.05) is 45.9 Å². The van der Waals surface area contributed by atoms with Gasteiger partial charge in [0.05, 0.1) is 11.8 Å². The van der Waals surface area contributed by atoms with Crippen LogP contribution in [0, 0.1) is 17.2 Å². The van der Waals surface area contributed by atoms with Crippen LogP contribution in [0.25, 0.3) is 11.4 Å². The number of carbonyl (C=O) groups excluding carboxylic acids is 1. The standard InChI is InChI=1S/C19H20BrN5OS/c1-3-10-25-17(13-4-8-15(20)9-5-13)23-24-18(25)27-11-16(26)22-19(2,12-21)14-6-7-14/h3-5,8-9,14H,1,6-7,10-11H2,2H3,(H,22,26). The van der Waals surface area contributed by atoms with Crippen LogP contribution in [0.4, 0.5) is 0 Å². The summed E-state index contributed by atoms with van der Waals surface area (Å²) in [6, 6.07) is 10.1. The number of aromatic nitrogens is 3. The van der Waals surface area contributed by atoms with E-state index in [1.165, 1.54) is 11.8 Å². The molecule has 1 aliphatic rings. The van der Waals surface area contributed by atoms with Gasteiger partial charge in [0.15, 0.2) is 11.0 Å². The summed E-state index contributed by atoms with van der Waals surface area (Å²) < 4.78 is 2.92. The molecule has 1 heterocycles. The molecule has 8 heteroatoms. The summed E-state index contributed by atoms with van der Waals surface area (Å²) in [4.78, 5) is 12.3. The quantitative estimate of drug-likeness (QED) is 0.493. The van der Waals surface area contributed by atoms with Crippen molar-refractivity contribution in [1.29, 1.82) is 5.26 Å². The Morgan fingerprint density at radius 2 is 2.19 bits per heavy atom. The lowest BCUT2D eigenvalue weighted by Gasteiger charge is -2.22. The topological polar surface area (TPSA) is 83.6 Å². The van der Waals surface area contributed by atoms with E-state index in [4.69, 9.17) is 0 Å². The third-order valence-electron chi connectivity index (χ3n) is 4.49. The molecule has 2 aromatic rings. The molecular formula is C19H20BrN5OS. The molecule has 1 N–H and O–H groups in total. The van der Waals surface area contributed by atoms with Crippen molar-refractivity contribution in [3.63, 3.8) is 0 Å². The van der Waals surface area contributed by atoms with E-state index in [-0.39, 0.29) is 17.6 Å². The van der Waals surface area contributed by atoms with Gasteiger partial charge in [-0.05, 0) is 37.8 Å². The second kappa shape index (κ2) is 8.28. The van der Waals surface area contributed by atoms with Crippen molar-refractivity contribution >= 4 is 33.6 Å². The summed E-state index contributed by atoms with van der Waals surface area (Å²) in [5.41, 5.74) is 0.157. The molecule has 1 aliphatic carbocycles. The van der Waals surface area contributed by atoms with Crippen LogP contribution in [0.1, 0.15) is 19.8 Å². The van der Waals surface area contributed by atoms with E-state index < -0.39 is 5.54 Å². The number of amides is 1. The van der Waals surface area contributed by atoms with Gasteiger partial charge in [0.25, 0.3) is 0 Å². The number of allylic oxidation sites excluding steroid dienone is 1. The van der Waals surface area contributed by atoms with E-state index in [2.05, 4.69) is 44.1 Å². The van der Waals surface area contributed by atoms with Gasteiger partial charge in [-0.15, -0.1) is 16.8 Å². The number of hydrogen-bond acceptors (Lipinski definition) is 5. The largest absolute Gasteiger partial charge is 0.337 e. The summed E-state index contributed by atoms with van der Waals surface area (Å²) in [7, 11) is 0. The molecule has 27 heavy (non-hydrogen) atoms. The Balaban J connectivity index is 1.71. The number of hydrogen-bond donors (Lipinski definition) is 1. The molecule has 0 radical (unpaired) electrons. The van der Waals surface area contributed by atoms with Crippen LogP contribution < -0.4 is 5.32 Å². The van der Waals surface area contributed by atoms with Crippen LogP contribution in [-0.4, -0.2) is 32.0 Å². The summed E-state index contributed by atoms with van der Waals surface area (Å²) in [5, 5.41) is 21.4. The smallest absolute Gasteiger partial charge is 0.231 e. The first kappa shape index (κ1) is 19.6. The average Bonchev–Trinajstić information content (AvgIpc) is 3.44. The Morgan fingerprint density at radius 1 is 1.48 bits per heavy atom. The number of nitriles is 1. The molecular weight excluding hydrogens is 426 g/mol. The van der Waals surface area contributed by atoms with Crippen molar-refractivity contribution in [3.8, 4) is 17.5 Å². The highest BCUT2D eigenvalue weighted by atomic mass is 79.9. The van der Waals surface area contributed by atoms with Gasteiger partial charge in [-0.3, -0.25) is 9.36 Å². The van der Waals surface area contributed by atoms with Gasteiger partial charge >= 0.3 is 0 Å². The van der Waals surface area contributed by atoms with E-state index in [1.54, 1.807) is 13.0 Å². The van der Waals surface area contributed by atoms with Crippen LogP contribution >= 0.6 is 27.7 Å². The highest BCUT2D eigenvalue weighted by Crippen LogP contribution is 2.39. The summed E-state index contributed by atoms with van der Waals surface area (Å²) in [5.74, 6) is 0.990. The number of nitrogens with one attached hydrogen (secondary N) is 1. The predicted octanol–water partition coefficient (Wildman–Crippen LogP) is 3.79. The minimum atomic E-state index is -0.783. The summed E-state index contributed by atoms with van der Waals surface area (Å²) in [6.45, 7) is 6.13. The third-order valence-corrected chi connectivity index (χ3v) is 5.98. The van der Waals surface area contributed by atoms with Gasteiger partial charge in [0.2, 0.25) is 5.91 Å². The zero-order valence-electron chi connectivity index (χ0n) is 15.0. The highest BCUT2D eigenvalue weighted by Gasteiger charge is 2.42. The number of carbonyl (C=O) groups is 1. The minimum absolute atomic E-state index is 0.172.